The van der Waals surface area contributed by atoms with E-state index in [2.05, 4.69) is 46.1 Å². The van der Waals surface area contributed by atoms with Gasteiger partial charge in [-0.15, -0.1) is 29.7 Å². The first-order valence-corrected chi connectivity index (χ1v) is 16.5. The number of para-hydroxylation sites is 2. The van der Waals surface area contributed by atoms with Crippen LogP contribution >= 0.6 is 0 Å². The number of benzene rings is 5. The molecule has 5 aromatic carbocycles. The van der Waals surface area contributed by atoms with Gasteiger partial charge < -0.3 is 28.1 Å². The maximum Gasteiger partial charge on any atom is 0.242 e. The zero-order valence-electron chi connectivity index (χ0n) is 30.0. The standard InChI is InChI=1S/C42H33N5O2.Pt/c1-44-29-46(41-26-30(17-20-39(41)44)45-23-8-3-9-24-45)31-11-10-14-33(25-31)49-34-18-19-37-36-15-6-7-16-38(36)47(40(37)27-34)42-28-35(21-22-43-42)48-32-12-4-2-5-13-32;/h2,4-7,10-22,26,28H,3,8-9,23-24H2,1H3;/q-2;/i1D3;. The van der Waals surface area contributed by atoms with Crippen LogP contribution in [0.25, 0.3) is 44.3 Å². The molecule has 3 aromatic heterocycles. The minimum absolute atomic E-state index is 0. The molecule has 0 atom stereocenters. The average Bonchev–Trinajstić information content (AvgIpc) is 3.72. The molecule has 7 nitrogen and oxygen atoms in total. The molecule has 8 aromatic rings. The molecule has 0 aliphatic carbocycles. The number of aromatic nitrogens is 4. The van der Waals surface area contributed by atoms with Crippen molar-refractivity contribution in [2.45, 2.75) is 19.3 Å². The van der Waals surface area contributed by atoms with Gasteiger partial charge in [0.1, 0.15) is 17.3 Å². The van der Waals surface area contributed by atoms with Gasteiger partial charge in [-0.3, -0.25) is 0 Å². The van der Waals surface area contributed by atoms with Gasteiger partial charge in [-0.05, 0) is 61.0 Å². The van der Waals surface area contributed by atoms with Crippen molar-refractivity contribution in [3.8, 4) is 34.5 Å². The molecular weight excluding hydrogens is 802 g/mol. The van der Waals surface area contributed by atoms with Crippen LogP contribution in [0.5, 0.6) is 23.0 Å². The first-order chi connectivity index (χ1) is 25.4. The van der Waals surface area contributed by atoms with E-state index in [0.29, 0.717) is 34.3 Å². The van der Waals surface area contributed by atoms with Crippen LogP contribution in [0.4, 0.5) is 5.69 Å². The summed E-state index contributed by atoms with van der Waals surface area (Å²) in [4.78, 5) is 7.08. The summed E-state index contributed by atoms with van der Waals surface area (Å²) in [6.45, 7) is -0.448. The quantitative estimate of drug-likeness (QED) is 0.119. The number of ether oxygens (including phenoxy) is 2. The third-order valence-corrected chi connectivity index (χ3v) is 9.06. The van der Waals surface area contributed by atoms with E-state index in [1.165, 1.54) is 11.0 Å². The molecule has 0 amide bonds. The molecule has 0 bridgehead atoms. The maximum atomic E-state index is 8.21. The molecule has 4 heterocycles. The Hall–Kier alpha value is -5.39. The van der Waals surface area contributed by atoms with E-state index in [1.807, 2.05) is 97.1 Å². The molecule has 0 spiro atoms. The van der Waals surface area contributed by atoms with Gasteiger partial charge in [0, 0.05) is 69.1 Å². The van der Waals surface area contributed by atoms with E-state index < -0.39 is 6.98 Å². The third kappa shape index (κ3) is 5.92. The molecule has 9 rings (SSSR count). The van der Waals surface area contributed by atoms with E-state index in [0.717, 1.165) is 64.7 Å². The molecule has 250 valence electrons. The van der Waals surface area contributed by atoms with Gasteiger partial charge >= 0.3 is 0 Å². The van der Waals surface area contributed by atoms with E-state index in [1.54, 1.807) is 10.8 Å². The molecule has 0 N–H and O–H groups in total. The molecule has 1 saturated heterocycles. The summed E-state index contributed by atoms with van der Waals surface area (Å²) in [5.41, 5.74) is 4.75. The van der Waals surface area contributed by atoms with E-state index in [9.17, 15) is 0 Å². The molecule has 8 heteroatoms. The Bertz CT molecular complexity index is 2580. The van der Waals surface area contributed by atoms with Crippen LogP contribution in [0.15, 0.2) is 121 Å². The minimum atomic E-state index is -2.41. The van der Waals surface area contributed by atoms with Crippen molar-refractivity contribution in [2.24, 2.45) is 6.98 Å². The number of anilines is 1. The number of rotatable bonds is 7. The normalized spacial score (nSPS) is 14.2. The summed E-state index contributed by atoms with van der Waals surface area (Å²) in [5.74, 6) is 3.04. The molecule has 1 fully saturated rings. The Morgan fingerprint density at radius 2 is 1.56 bits per heavy atom. The second-order valence-corrected chi connectivity index (χ2v) is 12.2. The molecular formula is C42H33N5O2Pt-2. The van der Waals surface area contributed by atoms with E-state index in [4.69, 9.17) is 18.6 Å². The summed E-state index contributed by atoms with van der Waals surface area (Å²) in [6.07, 6.45) is 8.34. The topological polar surface area (TPSA) is 48.3 Å². The molecule has 0 unspecified atom stereocenters. The summed E-state index contributed by atoms with van der Waals surface area (Å²) >= 11 is 0. The van der Waals surface area contributed by atoms with Crippen molar-refractivity contribution in [1.29, 1.82) is 0 Å². The second kappa shape index (κ2) is 13.5. The van der Waals surface area contributed by atoms with Crippen molar-refractivity contribution in [1.82, 2.24) is 14.1 Å². The summed E-state index contributed by atoms with van der Waals surface area (Å²) < 4.78 is 42.2. The Balaban J connectivity index is 0.00000400. The van der Waals surface area contributed by atoms with Crippen LogP contribution in [0, 0.1) is 18.5 Å². The van der Waals surface area contributed by atoms with Gasteiger partial charge in [0.2, 0.25) is 6.33 Å². The Kier molecular flexibility index (Phi) is 7.67. The number of nitrogens with zero attached hydrogens (tertiary/aromatic N) is 5. The smallest absolute Gasteiger partial charge is 0.242 e. The number of hydrogen-bond donors (Lipinski definition) is 0. The number of fused-ring (bicyclic) bond motifs is 4. The number of hydrogen-bond acceptors (Lipinski definition) is 4. The third-order valence-electron chi connectivity index (χ3n) is 9.06. The van der Waals surface area contributed by atoms with Crippen molar-refractivity contribution in [3.05, 3.63) is 140 Å². The Morgan fingerprint density at radius 1 is 0.720 bits per heavy atom. The molecule has 0 saturated carbocycles. The van der Waals surface area contributed by atoms with E-state index >= 15 is 0 Å². The van der Waals surface area contributed by atoms with Crippen LogP contribution in [0.3, 0.4) is 0 Å². The van der Waals surface area contributed by atoms with Crippen LogP contribution < -0.4 is 18.9 Å². The van der Waals surface area contributed by atoms with Crippen LogP contribution in [0.1, 0.15) is 23.4 Å². The molecule has 50 heavy (non-hydrogen) atoms. The first-order valence-electron chi connectivity index (χ1n) is 18.0. The summed E-state index contributed by atoms with van der Waals surface area (Å²) in [5, 5.41) is 2.07. The first kappa shape index (κ1) is 28.4. The zero-order chi connectivity index (χ0) is 35.2. The average molecular weight is 838 g/mol. The summed E-state index contributed by atoms with van der Waals surface area (Å²) in [6, 6.07) is 43.9. The van der Waals surface area contributed by atoms with Gasteiger partial charge in [-0.1, -0.05) is 53.7 Å². The van der Waals surface area contributed by atoms with Gasteiger partial charge in [0.05, 0.1) is 22.1 Å². The van der Waals surface area contributed by atoms with Gasteiger partial charge in [-0.25, -0.2) is 4.98 Å². The zero-order valence-corrected chi connectivity index (χ0v) is 29.2. The number of pyridine rings is 1. The SMILES string of the molecule is [2H]C([2H])([2H])[n+]1[c-]n(-c2[c-]c(Oc3[c-]c4c(cc3)c3ccccc3n4-c3cc(Oc4ccccc4)ccn3)ccc2)c2cc(N3CCCCC3)ccc21.[Pt]. The van der Waals surface area contributed by atoms with Gasteiger partial charge in [0.15, 0.2) is 0 Å². The fourth-order valence-electron chi connectivity index (χ4n) is 6.75. The van der Waals surface area contributed by atoms with Crippen molar-refractivity contribution >= 4 is 38.5 Å². The van der Waals surface area contributed by atoms with Crippen molar-refractivity contribution in [2.75, 3.05) is 18.0 Å². The fourth-order valence-corrected chi connectivity index (χ4v) is 6.75. The van der Waals surface area contributed by atoms with E-state index in [-0.39, 0.29) is 21.1 Å². The van der Waals surface area contributed by atoms with Crippen LogP contribution in [-0.2, 0) is 28.0 Å². The van der Waals surface area contributed by atoms with Gasteiger partial charge in [-0.2, -0.15) is 18.2 Å². The number of imidazole rings is 1. The predicted molar refractivity (Wildman–Crippen MR) is 192 cm³/mol. The Morgan fingerprint density at radius 3 is 2.44 bits per heavy atom. The van der Waals surface area contributed by atoms with Crippen molar-refractivity contribution in [3.63, 3.8) is 0 Å². The van der Waals surface area contributed by atoms with Crippen LogP contribution in [0.2, 0.25) is 0 Å². The Labute approximate surface area is 309 Å². The fraction of sp³-hybridized carbons (Fsp3) is 0.143. The minimum Gasteiger partial charge on any atom is -0.510 e. The van der Waals surface area contributed by atoms with Crippen LogP contribution in [-0.4, -0.2) is 27.2 Å². The number of aryl methyl sites for hydroxylation is 1. The molecule has 1 aliphatic heterocycles. The van der Waals surface area contributed by atoms with Crippen molar-refractivity contribution < 1.29 is 39.2 Å². The molecule has 1 aliphatic rings. The maximum absolute atomic E-state index is 8.21. The number of piperidine rings is 1. The summed E-state index contributed by atoms with van der Waals surface area (Å²) in [7, 11) is 0. The monoisotopic (exact) mass is 837 g/mol. The van der Waals surface area contributed by atoms with Gasteiger partial charge in [0.25, 0.3) is 0 Å². The molecule has 0 radical (unpaired) electrons. The second-order valence-electron chi connectivity index (χ2n) is 12.2. The largest absolute Gasteiger partial charge is 0.510 e. The predicted octanol–water partition coefficient (Wildman–Crippen LogP) is 8.92.